The lowest BCUT2D eigenvalue weighted by Crippen LogP contribution is -2.14. The zero-order valence-corrected chi connectivity index (χ0v) is 19.3. The van der Waals surface area contributed by atoms with Gasteiger partial charge in [-0.05, 0) is 44.9 Å². The summed E-state index contributed by atoms with van der Waals surface area (Å²) in [6.45, 7) is 15.3. The van der Waals surface area contributed by atoms with Gasteiger partial charge in [0.15, 0.2) is 0 Å². The summed E-state index contributed by atoms with van der Waals surface area (Å²) >= 11 is 0. The summed E-state index contributed by atoms with van der Waals surface area (Å²) < 4.78 is 8.57. The predicted molar refractivity (Wildman–Crippen MR) is 132 cm³/mol. The maximum atomic E-state index is 6.19. The molecule has 0 aliphatic carbocycles. The molecule has 3 heterocycles. The Morgan fingerprint density at radius 1 is 1.09 bits per heavy atom. The van der Waals surface area contributed by atoms with Crippen LogP contribution in [-0.4, -0.2) is 27.7 Å². The second kappa shape index (κ2) is 9.49. The number of hydrogen-bond acceptors (Lipinski definition) is 3. The summed E-state index contributed by atoms with van der Waals surface area (Å²) in [4.78, 5) is 9.29. The first kappa shape index (κ1) is 22.0. The molecule has 1 unspecified atom stereocenters. The maximum Gasteiger partial charge on any atom is 0.110 e. The molecule has 1 aliphatic rings. The molecule has 0 spiro atoms. The van der Waals surface area contributed by atoms with E-state index in [-0.39, 0.29) is 6.04 Å². The van der Waals surface area contributed by atoms with Crippen LogP contribution in [0, 0.1) is 6.92 Å². The minimum atomic E-state index is 0.246. The van der Waals surface area contributed by atoms with Crippen LogP contribution < -0.4 is 0 Å². The number of fused-ring (bicyclic) bond motifs is 1. The topological polar surface area (TPSA) is 39.9 Å². The monoisotopic (exact) mass is 425 g/mol. The van der Waals surface area contributed by atoms with Crippen molar-refractivity contribution in [3.8, 4) is 22.5 Å². The van der Waals surface area contributed by atoms with E-state index in [1.807, 2.05) is 26.2 Å². The van der Waals surface area contributed by atoms with Crippen molar-refractivity contribution in [3.05, 3.63) is 96.1 Å². The van der Waals surface area contributed by atoms with Crippen LogP contribution in [0.5, 0.6) is 0 Å². The van der Waals surface area contributed by atoms with Gasteiger partial charge < -0.3 is 9.30 Å². The number of aromatic nitrogens is 3. The van der Waals surface area contributed by atoms with Crippen LogP contribution in [-0.2, 0) is 11.2 Å². The largest absolute Gasteiger partial charge is 0.375 e. The summed E-state index contributed by atoms with van der Waals surface area (Å²) in [6, 6.07) is 13.0. The van der Waals surface area contributed by atoms with Gasteiger partial charge in [0.2, 0.25) is 0 Å². The summed E-state index contributed by atoms with van der Waals surface area (Å²) in [5, 5.41) is 0. The van der Waals surface area contributed by atoms with Gasteiger partial charge in [-0.15, -0.1) is 0 Å². The first-order valence-corrected chi connectivity index (χ1v) is 11.1. The predicted octanol–water partition coefficient (Wildman–Crippen LogP) is 6.50. The highest BCUT2D eigenvalue weighted by Crippen LogP contribution is 2.39. The average Bonchev–Trinajstić information content (AvgIpc) is 3.33. The van der Waals surface area contributed by atoms with E-state index in [1.165, 1.54) is 5.56 Å². The molecule has 1 aromatic carbocycles. The molecule has 1 aliphatic heterocycles. The number of imidazole rings is 1. The van der Waals surface area contributed by atoms with E-state index >= 15 is 0 Å². The lowest BCUT2D eigenvalue weighted by Gasteiger charge is -2.19. The third-order valence-electron chi connectivity index (χ3n) is 5.87. The van der Waals surface area contributed by atoms with Crippen LogP contribution in [0.15, 0.2) is 84.7 Å². The smallest absolute Gasteiger partial charge is 0.110 e. The van der Waals surface area contributed by atoms with Crippen molar-refractivity contribution in [2.75, 3.05) is 13.2 Å². The molecule has 2 aromatic heterocycles. The zero-order valence-electron chi connectivity index (χ0n) is 19.3. The van der Waals surface area contributed by atoms with Gasteiger partial charge in [-0.3, -0.25) is 4.98 Å². The van der Waals surface area contributed by atoms with Crippen molar-refractivity contribution in [1.82, 2.24) is 14.5 Å². The Morgan fingerprint density at radius 3 is 2.47 bits per heavy atom. The van der Waals surface area contributed by atoms with E-state index in [2.05, 4.69) is 72.1 Å². The number of ether oxygens (including phenoxy) is 1. The number of hydrogen-bond donors (Lipinski definition) is 0. The first-order chi connectivity index (χ1) is 15.4. The number of benzene rings is 1. The second-order valence-electron chi connectivity index (χ2n) is 8.70. The van der Waals surface area contributed by atoms with E-state index in [0.717, 1.165) is 57.9 Å². The van der Waals surface area contributed by atoms with E-state index < -0.39 is 0 Å². The van der Waals surface area contributed by atoms with Gasteiger partial charge in [-0.2, -0.15) is 0 Å². The Balaban J connectivity index is 1.65. The van der Waals surface area contributed by atoms with Gasteiger partial charge in [0.1, 0.15) is 5.82 Å². The highest BCUT2D eigenvalue weighted by atomic mass is 16.5. The van der Waals surface area contributed by atoms with E-state index in [0.29, 0.717) is 13.2 Å². The molecule has 0 bridgehead atoms. The molecule has 4 heteroatoms. The van der Waals surface area contributed by atoms with Crippen molar-refractivity contribution in [3.63, 3.8) is 0 Å². The molecule has 4 nitrogen and oxygen atoms in total. The molecule has 1 atom stereocenters. The quantitative estimate of drug-likeness (QED) is 0.387. The molecule has 0 fully saturated rings. The third kappa shape index (κ3) is 4.66. The zero-order chi connectivity index (χ0) is 22.7. The van der Waals surface area contributed by atoms with Crippen LogP contribution in [0.3, 0.4) is 0 Å². The first-order valence-electron chi connectivity index (χ1n) is 11.1. The van der Waals surface area contributed by atoms with Gasteiger partial charge in [-0.1, -0.05) is 60.2 Å². The molecule has 3 aromatic rings. The number of pyridine rings is 1. The molecule has 0 amide bonds. The summed E-state index contributed by atoms with van der Waals surface area (Å²) in [5.41, 5.74) is 8.80. The molecule has 0 saturated heterocycles. The summed E-state index contributed by atoms with van der Waals surface area (Å²) in [5.74, 6) is 1.12. The third-order valence-corrected chi connectivity index (χ3v) is 5.87. The minimum absolute atomic E-state index is 0.246. The summed E-state index contributed by atoms with van der Waals surface area (Å²) in [6.07, 6.45) is 7.72. The second-order valence-corrected chi connectivity index (χ2v) is 8.70. The lowest BCUT2D eigenvalue weighted by atomic mass is 10.0. The van der Waals surface area contributed by atoms with Crippen LogP contribution >= 0.6 is 0 Å². The highest BCUT2D eigenvalue weighted by Gasteiger charge is 2.30. The van der Waals surface area contributed by atoms with Crippen molar-refractivity contribution >= 4 is 0 Å². The molecule has 0 saturated carbocycles. The van der Waals surface area contributed by atoms with Crippen molar-refractivity contribution in [2.24, 2.45) is 0 Å². The normalized spacial score (nSPS) is 15.6. The van der Waals surface area contributed by atoms with Crippen molar-refractivity contribution < 1.29 is 4.74 Å². The fourth-order valence-corrected chi connectivity index (χ4v) is 4.22. The SMILES string of the molecule is C=C(C)/C=C(/COCC1CCc2nc(-c3ccc(C)cc3)c(-c3ccncc3)n21)C(=C)C. The Morgan fingerprint density at radius 2 is 1.81 bits per heavy atom. The molecular weight excluding hydrogens is 394 g/mol. The summed E-state index contributed by atoms with van der Waals surface area (Å²) in [7, 11) is 0. The van der Waals surface area contributed by atoms with Gasteiger partial charge >= 0.3 is 0 Å². The van der Waals surface area contributed by atoms with E-state index in [9.17, 15) is 0 Å². The van der Waals surface area contributed by atoms with Gasteiger partial charge in [0, 0.05) is 29.9 Å². The maximum absolute atomic E-state index is 6.19. The standard InChI is InChI=1S/C28H31N3O/c1-19(2)16-24(20(3)4)17-32-18-25-10-11-26-30-27(22-8-6-21(5)7-9-22)28(31(25)26)23-12-14-29-15-13-23/h6-9,12-16,25H,1,3,10-11,17-18H2,2,4-5H3/b24-16-. The fourth-order valence-electron chi connectivity index (χ4n) is 4.22. The molecule has 164 valence electrons. The van der Waals surface area contributed by atoms with Crippen molar-refractivity contribution in [1.29, 1.82) is 0 Å². The molecule has 32 heavy (non-hydrogen) atoms. The van der Waals surface area contributed by atoms with Gasteiger partial charge in [0.25, 0.3) is 0 Å². The van der Waals surface area contributed by atoms with Gasteiger partial charge in [-0.25, -0.2) is 4.98 Å². The average molecular weight is 426 g/mol. The molecule has 0 radical (unpaired) electrons. The molecule has 0 N–H and O–H groups in total. The Bertz CT molecular complexity index is 1150. The van der Waals surface area contributed by atoms with Crippen molar-refractivity contribution in [2.45, 2.75) is 39.7 Å². The number of rotatable bonds is 8. The van der Waals surface area contributed by atoms with E-state index in [4.69, 9.17) is 9.72 Å². The lowest BCUT2D eigenvalue weighted by molar-refractivity contribution is 0.124. The number of aryl methyl sites for hydroxylation is 2. The van der Waals surface area contributed by atoms with Crippen LogP contribution in [0.4, 0.5) is 0 Å². The Kier molecular flexibility index (Phi) is 6.52. The van der Waals surface area contributed by atoms with Crippen LogP contribution in [0.1, 0.15) is 37.7 Å². The highest BCUT2D eigenvalue weighted by molar-refractivity contribution is 5.79. The molecular formula is C28H31N3O. The molecule has 4 rings (SSSR count). The minimum Gasteiger partial charge on any atom is -0.375 e. The van der Waals surface area contributed by atoms with Crippen LogP contribution in [0.25, 0.3) is 22.5 Å². The Labute approximate surface area is 191 Å². The Hall–Kier alpha value is -3.24. The number of allylic oxidation sites excluding steroid dienone is 2. The van der Waals surface area contributed by atoms with Gasteiger partial charge in [0.05, 0.1) is 30.6 Å². The van der Waals surface area contributed by atoms with Crippen LogP contribution in [0.2, 0.25) is 0 Å². The van der Waals surface area contributed by atoms with E-state index in [1.54, 1.807) is 0 Å². The number of nitrogens with zero attached hydrogens (tertiary/aromatic N) is 3. The fraction of sp³-hybridized carbons (Fsp3) is 0.286.